The third-order valence-electron chi connectivity index (χ3n) is 2.24. The van der Waals surface area contributed by atoms with Gasteiger partial charge in [0.25, 0.3) is 0 Å². The van der Waals surface area contributed by atoms with Gasteiger partial charge in [-0.05, 0) is 18.2 Å². The number of aliphatic imine (C=N–C) groups is 1. The first-order valence-electron chi connectivity index (χ1n) is 5.15. The zero-order valence-corrected chi connectivity index (χ0v) is 9.14. The van der Waals surface area contributed by atoms with Crippen molar-refractivity contribution in [2.24, 2.45) is 4.99 Å². The molecule has 2 rings (SSSR count). The van der Waals surface area contributed by atoms with E-state index in [0.717, 1.165) is 17.1 Å². The van der Waals surface area contributed by atoms with Gasteiger partial charge in [0.2, 0.25) is 0 Å². The number of benzene rings is 1. The molecule has 0 aliphatic rings. The zero-order chi connectivity index (χ0) is 11.2. The number of para-hydroxylation sites is 1. The van der Waals surface area contributed by atoms with Gasteiger partial charge in [-0.15, -0.1) is 0 Å². The van der Waals surface area contributed by atoms with E-state index in [4.69, 9.17) is 0 Å². The lowest BCUT2D eigenvalue weighted by molar-refractivity contribution is -0.378. The Labute approximate surface area is 94.9 Å². The van der Waals surface area contributed by atoms with Crippen LogP contribution in [0.3, 0.4) is 0 Å². The van der Waals surface area contributed by atoms with Crippen LogP contribution in [0.15, 0.2) is 59.9 Å². The fraction of sp³-hybridized carbons (Fsp3) is 0.0769. The van der Waals surface area contributed by atoms with Crippen LogP contribution in [0, 0.1) is 0 Å². The van der Waals surface area contributed by atoms with Crippen molar-refractivity contribution in [2.45, 2.75) is 0 Å². The van der Waals surface area contributed by atoms with Crippen LogP contribution in [0.4, 0.5) is 5.69 Å². The van der Waals surface area contributed by atoms with Crippen molar-refractivity contribution in [3.63, 3.8) is 0 Å². The summed E-state index contributed by atoms with van der Waals surface area (Å²) in [6.45, 7) is 0. The molecule has 0 spiro atoms. The Bertz CT molecular complexity index is 463. The van der Waals surface area contributed by atoms with E-state index >= 15 is 0 Å². The molecule has 3 nitrogen and oxygen atoms in total. The molecule has 80 valence electrons. The Morgan fingerprint density at radius 3 is 2.56 bits per heavy atom. The molecule has 16 heavy (non-hydrogen) atoms. The molecule has 0 atom stereocenters. The zero-order valence-electron chi connectivity index (χ0n) is 9.14. The second-order valence-corrected chi connectivity index (χ2v) is 3.36. The first-order chi connectivity index (χ1) is 7.90. The smallest absolute Gasteiger partial charge is 0.178 e. The standard InChI is InChI=1S/C13H13N3/c1-14-13(11-6-5-9-15-10-11)16-12-7-3-2-4-8-12/h2-10H,1H3,(H,14,16)/p+1. The molecule has 0 saturated heterocycles. The number of amidine groups is 1. The van der Waals surface area contributed by atoms with E-state index in [1.165, 1.54) is 0 Å². The average Bonchev–Trinajstić information content (AvgIpc) is 2.38. The molecule has 0 amide bonds. The molecule has 1 aromatic carbocycles. The van der Waals surface area contributed by atoms with Crippen LogP contribution in [0.25, 0.3) is 0 Å². The summed E-state index contributed by atoms with van der Waals surface area (Å²) < 4.78 is 0. The van der Waals surface area contributed by atoms with Crippen LogP contribution in [0.1, 0.15) is 5.56 Å². The monoisotopic (exact) mass is 212 g/mol. The lowest BCUT2D eigenvalue weighted by Gasteiger charge is -2.07. The number of nitrogens with zero attached hydrogens (tertiary/aromatic N) is 1. The van der Waals surface area contributed by atoms with Crippen molar-refractivity contribution in [3.8, 4) is 0 Å². The third kappa shape index (κ3) is 2.45. The normalized spacial score (nSPS) is 11.2. The topological polar surface area (TPSA) is 38.5 Å². The van der Waals surface area contributed by atoms with E-state index in [1.807, 2.05) is 54.9 Å². The van der Waals surface area contributed by atoms with E-state index < -0.39 is 0 Å². The van der Waals surface area contributed by atoms with Crippen LogP contribution in [0.5, 0.6) is 0 Å². The molecule has 0 radical (unpaired) electrons. The first-order valence-corrected chi connectivity index (χ1v) is 5.15. The van der Waals surface area contributed by atoms with Gasteiger partial charge in [0.1, 0.15) is 5.84 Å². The van der Waals surface area contributed by atoms with Crippen molar-refractivity contribution in [2.75, 3.05) is 12.4 Å². The SMILES string of the molecule is CN=C(Nc1ccccc1)c1ccc[nH+]c1. The van der Waals surface area contributed by atoms with Crippen LogP contribution < -0.4 is 10.3 Å². The molecular weight excluding hydrogens is 198 g/mol. The second-order valence-electron chi connectivity index (χ2n) is 3.36. The predicted octanol–water partition coefficient (Wildman–Crippen LogP) is 1.99. The molecule has 0 aliphatic heterocycles. The number of anilines is 1. The maximum absolute atomic E-state index is 4.24. The fourth-order valence-corrected chi connectivity index (χ4v) is 1.46. The van der Waals surface area contributed by atoms with Crippen molar-refractivity contribution >= 4 is 11.5 Å². The molecule has 0 saturated carbocycles. The molecule has 3 heteroatoms. The van der Waals surface area contributed by atoms with Gasteiger partial charge < -0.3 is 5.32 Å². The molecule has 0 aliphatic carbocycles. The summed E-state index contributed by atoms with van der Waals surface area (Å²) in [4.78, 5) is 7.28. The van der Waals surface area contributed by atoms with E-state index in [1.54, 1.807) is 7.05 Å². The molecule has 0 bridgehead atoms. The minimum absolute atomic E-state index is 0.850. The van der Waals surface area contributed by atoms with Crippen molar-refractivity contribution in [1.29, 1.82) is 0 Å². The number of hydrogen-bond acceptors (Lipinski definition) is 1. The highest BCUT2D eigenvalue weighted by atomic mass is 15.0. The Morgan fingerprint density at radius 1 is 1.12 bits per heavy atom. The molecule has 1 heterocycles. The molecule has 0 fully saturated rings. The Kier molecular flexibility index (Phi) is 3.28. The highest BCUT2D eigenvalue weighted by molar-refractivity contribution is 6.07. The quantitative estimate of drug-likeness (QED) is 0.600. The van der Waals surface area contributed by atoms with Crippen LogP contribution >= 0.6 is 0 Å². The predicted molar refractivity (Wildman–Crippen MR) is 65.5 cm³/mol. The number of H-pyrrole nitrogens is 1. The Balaban J connectivity index is 2.20. The molecule has 1 aromatic heterocycles. The van der Waals surface area contributed by atoms with Crippen LogP contribution in [-0.2, 0) is 0 Å². The van der Waals surface area contributed by atoms with Crippen molar-refractivity contribution < 1.29 is 4.98 Å². The van der Waals surface area contributed by atoms with E-state index in [9.17, 15) is 0 Å². The van der Waals surface area contributed by atoms with Crippen molar-refractivity contribution in [3.05, 3.63) is 60.4 Å². The number of nitrogens with one attached hydrogen (secondary N) is 2. The molecule has 2 N–H and O–H groups in total. The maximum Gasteiger partial charge on any atom is 0.178 e. The maximum atomic E-state index is 4.24. The Morgan fingerprint density at radius 2 is 1.94 bits per heavy atom. The minimum atomic E-state index is 0.850. The van der Waals surface area contributed by atoms with Gasteiger partial charge in [-0.2, -0.15) is 0 Å². The summed E-state index contributed by atoms with van der Waals surface area (Å²) in [5, 5.41) is 3.27. The lowest BCUT2D eigenvalue weighted by Crippen LogP contribution is -2.16. The number of hydrogen-bond donors (Lipinski definition) is 1. The van der Waals surface area contributed by atoms with Gasteiger partial charge in [-0.3, -0.25) is 4.99 Å². The van der Waals surface area contributed by atoms with E-state index in [0.29, 0.717) is 0 Å². The molecule has 2 aromatic rings. The highest BCUT2D eigenvalue weighted by Crippen LogP contribution is 2.07. The largest absolute Gasteiger partial charge is 0.340 e. The summed E-state index contributed by atoms with van der Waals surface area (Å²) in [5.41, 5.74) is 2.07. The summed E-state index contributed by atoms with van der Waals surface area (Å²) in [6, 6.07) is 14.0. The van der Waals surface area contributed by atoms with Gasteiger partial charge >= 0.3 is 0 Å². The lowest BCUT2D eigenvalue weighted by atomic mass is 10.2. The molecular formula is C13H14N3+. The van der Waals surface area contributed by atoms with E-state index in [2.05, 4.69) is 15.3 Å². The van der Waals surface area contributed by atoms with Gasteiger partial charge in [0, 0.05) is 18.8 Å². The van der Waals surface area contributed by atoms with Gasteiger partial charge in [0.15, 0.2) is 12.4 Å². The summed E-state index contributed by atoms with van der Waals surface area (Å²) in [7, 11) is 1.78. The number of aromatic nitrogens is 1. The van der Waals surface area contributed by atoms with Gasteiger partial charge in [-0.1, -0.05) is 18.2 Å². The van der Waals surface area contributed by atoms with Gasteiger partial charge in [0.05, 0.1) is 5.56 Å². The van der Waals surface area contributed by atoms with Crippen LogP contribution in [0.2, 0.25) is 0 Å². The first kappa shape index (κ1) is 10.4. The van der Waals surface area contributed by atoms with E-state index in [-0.39, 0.29) is 0 Å². The van der Waals surface area contributed by atoms with Crippen LogP contribution in [-0.4, -0.2) is 12.9 Å². The number of rotatable bonds is 2. The summed E-state index contributed by atoms with van der Waals surface area (Å²) >= 11 is 0. The molecule has 0 unspecified atom stereocenters. The Hall–Kier alpha value is -2.16. The highest BCUT2D eigenvalue weighted by Gasteiger charge is 2.04. The summed E-state index contributed by atoms with van der Waals surface area (Å²) in [6.07, 6.45) is 3.79. The fourth-order valence-electron chi connectivity index (χ4n) is 1.46. The van der Waals surface area contributed by atoms with Gasteiger partial charge in [-0.25, -0.2) is 4.98 Å². The van der Waals surface area contributed by atoms with Crippen molar-refractivity contribution in [1.82, 2.24) is 0 Å². The minimum Gasteiger partial charge on any atom is -0.340 e. The number of pyridine rings is 1. The second kappa shape index (κ2) is 5.07. The number of aromatic amines is 1. The third-order valence-corrected chi connectivity index (χ3v) is 2.24. The average molecular weight is 212 g/mol. The summed E-state index contributed by atoms with van der Waals surface area (Å²) in [5.74, 6) is 0.850.